The Kier molecular flexibility index (Phi) is 4.84. The second-order valence-corrected chi connectivity index (χ2v) is 5.30. The molecule has 0 bridgehead atoms. The molecule has 2 rings (SSSR count). The Hall–Kier alpha value is -1.75. The van der Waals surface area contributed by atoms with Crippen LogP contribution in [0, 0.1) is 11.8 Å². The summed E-state index contributed by atoms with van der Waals surface area (Å²) in [5.41, 5.74) is 6.70. The molecule has 4 N–H and O–H groups in total. The molecule has 1 aliphatic carbocycles. The molecule has 1 saturated carbocycles. The summed E-state index contributed by atoms with van der Waals surface area (Å²) in [4.78, 5) is 12.2. The van der Waals surface area contributed by atoms with E-state index in [1.165, 1.54) is 7.11 Å². The molecule has 1 amide bonds. The fourth-order valence-corrected chi connectivity index (χ4v) is 2.84. The predicted octanol–water partition coefficient (Wildman–Crippen LogP) is 1.42. The second-order valence-electron chi connectivity index (χ2n) is 5.30. The monoisotopic (exact) mass is 278 g/mol. The zero-order chi connectivity index (χ0) is 14.5. The van der Waals surface area contributed by atoms with Crippen LogP contribution in [0.25, 0.3) is 0 Å². The van der Waals surface area contributed by atoms with E-state index in [0.717, 1.165) is 19.3 Å². The number of aliphatic hydroxyl groups excluding tert-OH is 1. The number of carbonyl (C=O) groups is 1. The molecular formula is C15H22N2O3. The summed E-state index contributed by atoms with van der Waals surface area (Å²) < 4.78 is 5.18. The van der Waals surface area contributed by atoms with Crippen molar-refractivity contribution < 1.29 is 14.6 Å². The maximum Gasteiger partial charge on any atom is 0.255 e. The summed E-state index contributed by atoms with van der Waals surface area (Å²) in [5.74, 6) is 0.994. The van der Waals surface area contributed by atoms with Gasteiger partial charge in [-0.05, 0) is 42.9 Å². The second kappa shape index (κ2) is 6.61. The molecule has 0 radical (unpaired) electrons. The molecule has 1 aromatic carbocycles. The number of hydrogen-bond donors (Lipinski definition) is 3. The summed E-state index contributed by atoms with van der Waals surface area (Å²) in [5, 5.41) is 12.2. The summed E-state index contributed by atoms with van der Waals surface area (Å²) in [6.45, 7) is 0.782. The van der Waals surface area contributed by atoms with Gasteiger partial charge in [-0.2, -0.15) is 0 Å². The number of anilines is 1. The predicted molar refractivity (Wildman–Crippen MR) is 77.7 cm³/mol. The van der Waals surface area contributed by atoms with Gasteiger partial charge in [0.25, 0.3) is 5.91 Å². The summed E-state index contributed by atoms with van der Waals surface area (Å²) >= 11 is 0. The lowest BCUT2D eigenvalue weighted by Crippen LogP contribution is -2.32. The molecule has 0 spiro atoms. The molecule has 5 heteroatoms. The lowest BCUT2D eigenvalue weighted by Gasteiger charge is -2.18. The highest BCUT2D eigenvalue weighted by Gasteiger charge is 2.27. The molecule has 5 nitrogen and oxygen atoms in total. The van der Waals surface area contributed by atoms with E-state index in [9.17, 15) is 9.90 Å². The lowest BCUT2D eigenvalue weighted by molar-refractivity contribution is 0.0935. The lowest BCUT2D eigenvalue weighted by atomic mass is 9.97. The van der Waals surface area contributed by atoms with Gasteiger partial charge in [-0.25, -0.2) is 0 Å². The summed E-state index contributed by atoms with van der Waals surface area (Å²) in [7, 11) is 1.53. The first kappa shape index (κ1) is 14.7. The van der Waals surface area contributed by atoms with Crippen molar-refractivity contribution in [3.8, 4) is 5.75 Å². The van der Waals surface area contributed by atoms with Crippen molar-refractivity contribution in [3.63, 3.8) is 0 Å². The van der Waals surface area contributed by atoms with Crippen molar-refractivity contribution >= 4 is 11.6 Å². The molecule has 0 heterocycles. The van der Waals surface area contributed by atoms with Crippen LogP contribution in [0.4, 0.5) is 5.69 Å². The van der Waals surface area contributed by atoms with Crippen molar-refractivity contribution in [2.24, 2.45) is 11.8 Å². The fraction of sp³-hybridized carbons (Fsp3) is 0.533. The minimum atomic E-state index is -0.183. The van der Waals surface area contributed by atoms with Crippen LogP contribution in [-0.2, 0) is 0 Å². The Balaban J connectivity index is 2.00. The van der Waals surface area contributed by atoms with E-state index in [4.69, 9.17) is 10.5 Å². The number of amides is 1. The van der Waals surface area contributed by atoms with Crippen LogP contribution in [-0.4, -0.2) is 31.3 Å². The Morgan fingerprint density at radius 2 is 2.20 bits per heavy atom. The highest BCUT2D eigenvalue weighted by molar-refractivity contribution is 5.97. The summed E-state index contributed by atoms with van der Waals surface area (Å²) in [6.07, 6.45) is 3.21. The molecule has 1 fully saturated rings. The topological polar surface area (TPSA) is 84.6 Å². The molecule has 1 aliphatic rings. The van der Waals surface area contributed by atoms with Crippen molar-refractivity contribution in [1.29, 1.82) is 0 Å². The number of ether oxygens (including phenoxy) is 1. The molecule has 110 valence electrons. The van der Waals surface area contributed by atoms with Gasteiger partial charge in [0.15, 0.2) is 0 Å². The van der Waals surface area contributed by atoms with E-state index < -0.39 is 0 Å². The minimum Gasteiger partial charge on any atom is -0.496 e. The first-order valence-corrected chi connectivity index (χ1v) is 6.98. The number of nitrogens with one attached hydrogen (secondary N) is 1. The van der Waals surface area contributed by atoms with Gasteiger partial charge in [-0.1, -0.05) is 6.42 Å². The number of nitrogen functional groups attached to an aromatic ring is 1. The first-order valence-electron chi connectivity index (χ1n) is 6.98. The van der Waals surface area contributed by atoms with Gasteiger partial charge in [0.1, 0.15) is 5.75 Å². The minimum absolute atomic E-state index is 0.183. The number of benzene rings is 1. The number of nitrogens with two attached hydrogens (primary N) is 1. The number of methoxy groups -OCH3 is 1. The van der Waals surface area contributed by atoms with Crippen LogP contribution in [0.5, 0.6) is 5.75 Å². The molecule has 2 unspecified atom stereocenters. The standard InChI is InChI=1S/C15H22N2O3/c1-20-14-6-5-12(16)7-13(14)15(19)17-8-10-3-2-4-11(10)9-18/h5-7,10-11,18H,2-4,8-9,16H2,1H3,(H,17,19). The van der Waals surface area contributed by atoms with E-state index in [1.54, 1.807) is 18.2 Å². The van der Waals surface area contributed by atoms with Crippen LogP contribution in [0.1, 0.15) is 29.6 Å². The SMILES string of the molecule is COc1ccc(N)cc1C(=O)NCC1CCCC1CO. The molecular weight excluding hydrogens is 256 g/mol. The molecule has 0 aliphatic heterocycles. The van der Waals surface area contributed by atoms with E-state index in [0.29, 0.717) is 35.4 Å². The highest BCUT2D eigenvalue weighted by Crippen LogP contribution is 2.30. The van der Waals surface area contributed by atoms with E-state index in [-0.39, 0.29) is 12.5 Å². The zero-order valence-electron chi connectivity index (χ0n) is 11.8. The average Bonchev–Trinajstić information content (AvgIpc) is 2.92. The van der Waals surface area contributed by atoms with Crippen LogP contribution >= 0.6 is 0 Å². The third kappa shape index (κ3) is 3.22. The van der Waals surface area contributed by atoms with Crippen LogP contribution in [0.2, 0.25) is 0 Å². The first-order chi connectivity index (χ1) is 9.65. The average molecular weight is 278 g/mol. The molecule has 1 aromatic rings. The maximum absolute atomic E-state index is 12.2. The van der Waals surface area contributed by atoms with Crippen LogP contribution in [0.3, 0.4) is 0 Å². The van der Waals surface area contributed by atoms with Crippen molar-refractivity contribution in [1.82, 2.24) is 5.32 Å². The third-order valence-electron chi connectivity index (χ3n) is 4.04. The van der Waals surface area contributed by atoms with Gasteiger partial charge in [0.05, 0.1) is 12.7 Å². The van der Waals surface area contributed by atoms with Crippen LogP contribution < -0.4 is 15.8 Å². The van der Waals surface area contributed by atoms with Crippen molar-refractivity contribution in [2.75, 3.05) is 26.0 Å². The van der Waals surface area contributed by atoms with Gasteiger partial charge >= 0.3 is 0 Å². The van der Waals surface area contributed by atoms with Gasteiger partial charge in [0, 0.05) is 18.8 Å². The molecule has 2 atom stereocenters. The van der Waals surface area contributed by atoms with E-state index in [2.05, 4.69) is 5.32 Å². The summed E-state index contributed by atoms with van der Waals surface area (Å²) in [6, 6.07) is 5.01. The molecule has 0 aromatic heterocycles. The highest BCUT2D eigenvalue weighted by atomic mass is 16.5. The number of rotatable bonds is 5. The molecule has 0 saturated heterocycles. The molecule has 20 heavy (non-hydrogen) atoms. The Labute approximate surface area is 119 Å². The van der Waals surface area contributed by atoms with Gasteiger partial charge < -0.3 is 20.9 Å². The Bertz CT molecular complexity index is 476. The van der Waals surface area contributed by atoms with Crippen molar-refractivity contribution in [3.05, 3.63) is 23.8 Å². The Morgan fingerprint density at radius 1 is 1.45 bits per heavy atom. The van der Waals surface area contributed by atoms with E-state index >= 15 is 0 Å². The van der Waals surface area contributed by atoms with Gasteiger partial charge in [0.2, 0.25) is 0 Å². The van der Waals surface area contributed by atoms with E-state index in [1.807, 2.05) is 0 Å². The maximum atomic E-state index is 12.2. The number of hydrogen-bond acceptors (Lipinski definition) is 4. The number of aliphatic hydroxyl groups is 1. The van der Waals surface area contributed by atoms with Gasteiger partial charge in [-0.3, -0.25) is 4.79 Å². The quantitative estimate of drug-likeness (QED) is 0.711. The Morgan fingerprint density at radius 3 is 2.90 bits per heavy atom. The zero-order valence-corrected chi connectivity index (χ0v) is 11.8. The van der Waals surface area contributed by atoms with Crippen LogP contribution in [0.15, 0.2) is 18.2 Å². The van der Waals surface area contributed by atoms with Gasteiger partial charge in [-0.15, -0.1) is 0 Å². The smallest absolute Gasteiger partial charge is 0.255 e. The normalized spacial score (nSPS) is 21.7. The third-order valence-corrected chi connectivity index (χ3v) is 4.04. The fourth-order valence-electron chi connectivity index (χ4n) is 2.84. The number of carbonyl (C=O) groups excluding carboxylic acids is 1. The largest absolute Gasteiger partial charge is 0.496 e. The van der Waals surface area contributed by atoms with Crippen molar-refractivity contribution in [2.45, 2.75) is 19.3 Å².